The van der Waals surface area contributed by atoms with E-state index in [1.807, 2.05) is 20.8 Å². The number of ketones is 1. The minimum atomic E-state index is -0.810. The van der Waals surface area contributed by atoms with Gasteiger partial charge in [0.2, 0.25) is 0 Å². The molecule has 2 heterocycles. The number of nitrogens with zero attached hydrogens (tertiary/aromatic N) is 2. The molecule has 38 heavy (non-hydrogen) atoms. The number of Topliss-reactive ketones (excluding diaryl/α,β-unsaturated/α-hetero) is 1. The van der Waals surface area contributed by atoms with Crippen LogP contribution in [0.3, 0.4) is 0 Å². The molecule has 0 spiro atoms. The van der Waals surface area contributed by atoms with Crippen LogP contribution in [0.2, 0.25) is 5.02 Å². The van der Waals surface area contributed by atoms with Crippen LogP contribution in [0.15, 0.2) is 22.8 Å². The molecule has 0 unspecified atom stereocenters. The molecular weight excluding hydrogens is 500 g/mol. The van der Waals surface area contributed by atoms with Crippen LogP contribution in [0.1, 0.15) is 87.2 Å². The van der Waals surface area contributed by atoms with Gasteiger partial charge < -0.3 is 19.3 Å². The third-order valence-electron chi connectivity index (χ3n) is 10.6. The van der Waals surface area contributed by atoms with Gasteiger partial charge in [0.25, 0.3) is 11.7 Å². The topological polar surface area (TPSA) is 59.1 Å². The predicted molar refractivity (Wildman–Crippen MR) is 148 cm³/mol. The summed E-state index contributed by atoms with van der Waals surface area (Å²) < 4.78 is 13.4. The maximum Gasteiger partial charge on any atom is 0.254 e. The Morgan fingerprint density at radius 3 is 2.24 bits per heavy atom. The van der Waals surface area contributed by atoms with Crippen molar-refractivity contribution >= 4 is 23.3 Å². The number of ether oxygens (including phenoxy) is 2. The molecule has 7 heteroatoms. The van der Waals surface area contributed by atoms with Crippen LogP contribution in [0.4, 0.5) is 0 Å². The van der Waals surface area contributed by atoms with Crippen molar-refractivity contribution < 1.29 is 19.1 Å². The molecule has 6 nitrogen and oxygen atoms in total. The molecule has 4 aliphatic carbocycles. The number of hydrogen-bond donors (Lipinski definition) is 0. The van der Waals surface area contributed by atoms with Crippen molar-refractivity contribution in [3.8, 4) is 11.5 Å². The van der Waals surface area contributed by atoms with Gasteiger partial charge in [0.1, 0.15) is 0 Å². The maximum atomic E-state index is 13.8. The molecule has 2 aliphatic heterocycles. The SMILES string of the molecule is CC1=CC(C)=C(CN2CCc3c(Cl)c4c(c(C)c3C2=O)O[C@](C)(C23CCC(N(C)C)(CC2)CC3)O4)C(=O)C1. The van der Waals surface area contributed by atoms with Gasteiger partial charge in [-0.05, 0) is 90.9 Å². The Balaban J connectivity index is 1.31. The van der Waals surface area contributed by atoms with Crippen LogP contribution in [-0.4, -0.2) is 60.0 Å². The predicted octanol–water partition coefficient (Wildman–Crippen LogP) is 6.02. The lowest BCUT2D eigenvalue weighted by Crippen LogP contribution is -2.62. The fourth-order valence-corrected chi connectivity index (χ4v) is 8.20. The van der Waals surface area contributed by atoms with Gasteiger partial charge in [-0.2, -0.15) is 0 Å². The van der Waals surface area contributed by atoms with E-state index in [1.54, 1.807) is 4.90 Å². The van der Waals surface area contributed by atoms with E-state index in [0.29, 0.717) is 48.0 Å². The van der Waals surface area contributed by atoms with Crippen molar-refractivity contribution in [1.29, 1.82) is 0 Å². The minimum absolute atomic E-state index is 0.0763. The lowest BCUT2D eigenvalue weighted by Gasteiger charge is -2.59. The average molecular weight is 539 g/mol. The van der Waals surface area contributed by atoms with E-state index in [2.05, 4.69) is 32.0 Å². The van der Waals surface area contributed by atoms with Gasteiger partial charge in [0, 0.05) is 48.5 Å². The number of carbonyl (C=O) groups is 2. The van der Waals surface area contributed by atoms with Crippen molar-refractivity contribution in [3.63, 3.8) is 0 Å². The Bertz CT molecular complexity index is 1300. The first-order chi connectivity index (χ1) is 17.9. The van der Waals surface area contributed by atoms with E-state index in [9.17, 15) is 9.59 Å². The average Bonchev–Trinajstić information content (AvgIpc) is 3.26. The largest absolute Gasteiger partial charge is 0.448 e. The summed E-state index contributed by atoms with van der Waals surface area (Å²) in [6.45, 7) is 8.80. The van der Waals surface area contributed by atoms with Crippen LogP contribution in [0.25, 0.3) is 0 Å². The number of rotatable bonds is 4. The molecule has 0 saturated heterocycles. The molecule has 3 saturated carbocycles. The molecule has 0 aromatic heterocycles. The Labute approximate surface area is 231 Å². The van der Waals surface area contributed by atoms with E-state index < -0.39 is 5.79 Å². The van der Waals surface area contributed by atoms with Crippen LogP contribution >= 0.6 is 11.6 Å². The van der Waals surface area contributed by atoms with Gasteiger partial charge in [-0.15, -0.1) is 0 Å². The fourth-order valence-electron chi connectivity index (χ4n) is 7.89. The molecule has 1 amide bonds. The smallest absolute Gasteiger partial charge is 0.254 e. The summed E-state index contributed by atoms with van der Waals surface area (Å²) in [5.41, 5.74) is 5.19. The maximum absolute atomic E-state index is 13.8. The number of carbonyl (C=O) groups excluding carboxylic acids is 2. The number of fused-ring (bicyclic) bond motifs is 5. The van der Waals surface area contributed by atoms with Crippen molar-refractivity contribution in [2.45, 2.75) is 90.4 Å². The van der Waals surface area contributed by atoms with Gasteiger partial charge in [0.05, 0.1) is 10.6 Å². The third kappa shape index (κ3) is 3.55. The standard InChI is InChI=1S/C31H39ClN2O4/c1-18-15-19(2)22(23(35)16-18)17-34-14-7-21-24(28(34)36)20(3)26-27(25(21)32)38-29(4,37-26)30-8-11-31(12-9-30,13-10-30)33(5)6/h15H,7-14,16-17H2,1-6H3/t29-,30?,31?/m0/s1. The van der Waals surface area contributed by atoms with Crippen molar-refractivity contribution in [1.82, 2.24) is 9.80 Å². The van der Waals surface area contributed by atoms with E-state index in [0.717, 1.165) is 66.4 Å². The molecule has 1 aromatic carbocycles. The van der Waals surface area contributed by atoms with Gasteiger partial charge in [-0.1, -0.05) is 23.3 Å². The second kappa shape index (κ2) is 8.59. The summed E-state index contributed by atoms with van der Waals surface area (Å²) in [4.78, 5) is 30.8. The first-order valence-electron chi connectivity index (χ1n) is 14.0. The molecular formula is C31H39ClN2O4. The first kappa shape index (κ1) is 25.9. The van der Waals surface area contributed by atoms with E-state index in [-0.39, 0.29) is 22.6 Å². The summed E-state index contributed by atoms with van der Waals surface area (Å²) in [6.07, 6.45) is 9.66. The lowest BCUT2D eigenvalue weighted by molar-refractivity contribution is -0.211. The second-order valence-corrected chi connectivity index (χ2v) is 13.1. The minimum Gasteiger partial charge on any atom is -0.448 e. The zero-order chi connectivity index (χ0) is 27.2. The second-order valence-electron chi connectivity index (χ2n) is 12.7. The van der Waals surface area contributed by atoms with Crippen molar-refractivity contribution in [2.75, 3.05) is 27.2 Å². The normalized spacial score (nSPS) is 32.3. The number of hydrogen-bond acceptors (Lipinski definition) is 5. The highest BCUT2D eigenvalue weighted by molar-refractivity contribution is 6.34. The molecule has 6 aliphatic rings. The number of amides is 1. The van der Waals surface area contributed by atoms with Crippen LogP contribution in [-0.2, 0) is 11.2 Å². The Hall–Kier alpha value is -2.31. The van der Waals surface area contributed by atoms with Gasteiger partial charge >= 0.3 is 0 Å². The van der Waals surface area contributed by atoms with Gasteiger partial charge in [-0.25, -0.2) is 0 Å². The fraction of sp³-hybridized carbons (Fsp3) is 0.613. The first-order valence-corrected chi connectivity index (χ1v) is 14.4. The highest BCUT2D eigenvalue weighted by atomic mass is 35.5. The van der Waals surface area contributed by atoms with Crippen LogP contribution in [0, 0.1) is 12.3 Å². The molecule has 1 atom stereocenters. The Kier molecular flexibility index (Phi) is 5.87. The molecule has 204 valence electrons. The molecule has 2 bridgehead atoms. The summed E-state index contributed by atoms with van der Waals surface area (Å²) in [6, 6.07) is 0. The third-order valence-corrected chi connectivity index (χ3v) is 11.0. The molecule has 1 aromatic rings. The summed E-state index contributed by atoms with van der Waals surface area (Å²) >= 11 is 6.99. The quantitative estimate of drug-likeness (QED) is 0.469. The zero-order valence-corrected chi connectivity index (χ0v) is 24.3. The Morgan fingerprint density at radius 1 is 1.00 bits per heavy atom. The molecule has 7 rings (SSSR count). The molecule has 0 N–H and O–H groups in total. The van der Waals surface area contributed by atoms with Gasteiger partial charge in [0.15, 0.2) is 17.3 Å². The van der Waals surface area contributed by atoms with Crippen LogP contribution in [0.5, 0.6) is 11.5 Å². The lowest BCUT2D eigenvalue weighted by atomic mass is 9.54. The monoisotopic (exact) mass is 538 g/mol. The highest BCUT2D eigenvalue weighted by Gasteiger charge is 2.62. The summed E-state index contributed by atoms with van der Waals surface area (Å²) in [5, 5.41) is 0.505. The van der Waals surface area contributed by atoms with Crippen molar-refractivity contribution in [3.05, 3.63) is 44.5 Å². The zero-order valence-electron chi connectivity index (χ0n) is 23.6. The number of allylic oxidation sites excluding steroid dienone is 3. The molecule has 3 fully saturated rings. The summed E-state index contributed by atoms with van der Waals surface area (Å²) in [7, 11) is 4.40. The van der Waals surface area contributed by atoms with Gasteiger partial charge in [-0.3, -0.25) is 9.59 Å². The molecule has 0 radical (unpaired) electrons. The van der Waals surface area contributed by atoms with Crippen molar-refractivity contribution in [2.24, 2.45) is 5.41 Å². The van der Waals surface area contributed by atoms with Crippen LogP contribution < -0.4 is 9.47 Å². The van der Waals surface area contributed by atoms with E-state index >= 15 is 0 Å². The number of benzene rings is 1. The summed E-state index contributed by atoms with van der Waals surface area (Å²) in [5.74, 6) is 0.413. The van der Waals surface area contributed by atoms with E-state index in [1.165, 1.54) is 0 Å². The Morgan fingerprint density at radius 2 is 1.63 bits per heavy atom. The number of halogens is 1. The van der Waals surface area contributed by atoms with E-state index in [4.69, 9.17) is 21.1 Å². The highest BCUT2D eigenvalue weighted by Crippen LogP contribution is 2.63.